The second-order valence-corrected chi connectivity index (χ2v) is 8.40. The summed E-state index contributed by atoms with van der Waals surface area (Å²) >= 11 is 13.5. The zero-order chi connectivity index (χ0) is 21.2. The van der Waals surface area contributed by atoms with Crippen LogP contribution in [0.5, 0.6) is 0 Å². The van der Waals surface area contributed by atoms with Crippen LogP contribution in [0.25, 0.3) is 0 Å². The van der Waals surface area contributed by atoms with E-state index in [0.717, 1.165) is 11.1 Å². The van der Waals surface area contributed by atoms with Crippen LogP contribution in [-0.4, -0.2) is 42.1 Å². The molecule has 29 heavy (non-hydrogen) atoms. The Morgan fingerprint density at radius 2 is 1.79 bits per heavy atom. The van der Waals surface area contributed by atoms with Crippen molar-refractivity contribution in [2.75, 3.05) is 19.3 Å². The third-order valence-electron chi connectivity index (χ3n) is 4.59. The van der Waals surface area contributed by atoms with Crippen LogP contribution in [0.4, 0.5) is 0 Å². The van der Waals surface area contributed by atoms with Gasteiger partial charge < -0.3 is 10.2 Å². The first-order valence-electron chi connectivity index (χ1n) is 9.53. The third-order valence-corrected chi connectivity index (χ3v) is 6.32. The number of carbonyl (C=O) groups is 2. The topological polar surface area (TPSA) is 49.4 Å². The zero-order valence-corrected chi connectivity index (χ0v) is 19.0. The van der Waals surface area contributed by atoms with Crippen LogP contribution < -0.4 is 5.32 Å². The average Bonchev–Trinajstić information content (AvgIpc) is 2.73. The lowest BCUT2D eigenvalue weighted by Crippen LogP contribution is -2.50. The van der Waals surface area contributed by atoms with Crippen LogP contribution in [0.2, 0.25) is 10.0 Å². The first-order chi connectivity index (χ1) is 14.0. The molecule has 0 heterocycles. The van der Waals surface area contributed by atoms with E-state index in [4.69, 9.17) is 23.2 Å². The van der Waals surface area contributed by atoms with Crippen molar-refractivity contribution >= 4 is 46.8 Å². The van der Waals surface area contributed by atoms with Crippen LogP contribution in [0, 0.1) is 0 Å². The molecule has 0 spiro atoms. The molecule has 0 aromatic heterocycles. The van der Waals surface area contributed by atoms with Crippen molar-refractivity contribution in [1.82, 2.24) is 10.2 Å². The van der Waals surface area contributed by atoms with Crippen molar-refractivity contribution in [3.05, 3.63) is 69.7 Å². The molecule has 0 fully saturated rings. The lowest BCUT2D eigenvalue weighted by molar-refractivity contribution is -0.138. The van der Waals surface area contributed by atoms with E-state index in [-0.39, 0.29) is 11.8 Å². The Morgan fingerprint density at radius 1 is 1.07 bits per heavy atom. The normalized spacial score (nSPS) is 11.7. The minimum atomic E-state index is -0.471. The lowest BCUT2D eigenvalue weighted by Gasteiger charge is -2.30. The molecule has 0 aliphatic carbocycles. The number of rotatable bonds is 10. The van der Waals surface area contributed by atoms with Crippen LogP contribution >= 0.6 is 35.0 Å². The second-order valence-electron chi connectivity index (χ2n) is 6.60. The predicted molar refractivity (Wildman–Crippen MR) is 123 cm³/mol. The summed E-state index contributed by atoms with van der Waals surface area (Å²) in [5.74, 6) is 0.763. The molecule has 0 saturated carbocycles. The van der Waals surface area contributed by atoms with Gasteiger partial charge in [0.15, 0.2) is 0 Å². The summed E-state index contributed by atoms with van der Waals surface area (Å²) in [5, 5.41) is 3.70. The first kappa shape index (κ1) is 23.6. The highest BCUT2D eigenvalue weighted by Gasteiger charge is 2.27. The van der Waals surface area contributed by atoms with Gasteiger partial charge in [-0.2, -0.15) is 0 Å². The van der Waals surface area contributed by atoms with Crippen LogP contribution in [0.15, 0.2) is 48.5 Å². The number of carbonyl (C=O) groups excluding carboxylic acids is 2. The molecule has 0 aliphatic heterocycles. The molecule has 2 aromatic carbocycles. The number of amides is 2. The zero-order valence-electron chi connectivity index (χ0n) is 16.7. The molecule has 2 rings (SSSR count). The van der Waals surface area contributed by atoms with Crippen molar-refractivity contribution in [2.45, 2.75) is 31.6 Å². The second kappa shape index (κ2) is 12.1. The Bertz CT molecular complexity index is 818. The Labute approximate surface area is 187 Å². The van der Waals surface area contributed by atoms with Gasteiger partial charge in [-0.1, -0.05) is 66.5 Å². The predicted octanol–water partition coefficient (Wildman–Crippen LogP) is 4.82. The van der Waals surface area contributed by atoms with Crippen molar-refractivity contribution in [2.24, 2.45) is 0 Å². The fourth-order valence-electron chi connectivity index (χ4n) is 3.03. The molecule has 2 aromatic rings. The molecule has 0 aliphatic rings. The number of hydrogen-bond donors (Lipinski definition) is 1. The smallest absolute Gasteiger partial charge is 0.242 e. The van der Waals surface area contributed by atoms with Gasteiger partial charge in [0.2, 0.25) is 11.8 Å². The maximum Gasteiger partial charge on any atom is 0.242 e. The van der Waals surface area contributed by atoms with Gasteiger partial charge in [-0.25, -0.2) is 0 Å². The number of nitrogens with zero attached hydrogens (tertiary/aromatic N) is 1. The monoisotopic (exact) mass is 452 g/mol. The molecular weight excluding hydrogens is 427 g/mol. The number of benzene rings is 2. The van der Waals surface area contributed by atoms with Crippen LogP contribution in [0.1, 0.15) is 24.5 Å². The van der Waals surface area contributed by atoms with E-state index in [1.54, 1.807) is 18.0 Å². The van der Waals surface area contributed by atoms with E-state index in [9.17, 15) is 9.59 Å². The Hall–Kier alpha value is -1.69. The van der Waals surface area contributed by atoms with E-state index in [0.29, 0.717) is 40.9 Å². The summed E-state index contributed by atoms with van der Waals surface area (Å²) in [5.41, 5.74) is 2.15. The lowest BCUT2D eigenvalue weighted by atomic mass is 10.1. The molecule has 1 unspecified atom stereocenters. The van der Waals surface area contributed by atoms with Gasteiger partial charge in [0.25, 0.3) is 0 Å². The molecule has 0 saturated heterocycles. The molecule has 2 amide bonds. The molecule has 0 bridgehead atoms. The van der Waals surface area contributed by atoms with E-state index in [1.165, 1.54) is 11.8 Å². The van der Waals surface area contributed by atoms with E-state index < -0.39 is 6.04 Å². The summed E-state index contributed by atoms with van der Waals surface area (Å²) in [4.78, 5) is 27.0. The fraction of sp³-hybridized carbons (Fsp3) is 0.364. The number of thioether (sulfide) groups is 1. The molecule has 0 radical (unpaired) electrons. The maximum absolute atomic E-state index is 13.0. The van der Waals surface area contributed by atoms with Crippen molar-refractivity contribution < 1.29 is 9.59 Å². The highest BCUT2D eigenvalue weighted by molar-refractivity contribution is 7.99. The van der Waals surface area contributed by atoms with Gasteiger partial charge in [0.1, 0.15) is 6.04 Å². The minimum absolute atomic E-state index is 0.0403. The largest absolute Gasteiger partial charge is 0.357 e. The number of hydrogen-bond acceptors (Lipinski definition) is 3. The van der Waals surface area contributed by atoms with Crippen LogP contribution in [0.3, 0.4) is 0 Å². The molecule has 1 atom stereocenters. The van der Waals surface area contributed by atoms with Gasteiger partial charge in [-0.15, -0.1) is 11.8 Å². The Kier molecular flexibility index (Phi) is 9.85. The first-order valence-corrected chi connectivity index (χ1v) is 11.4. The average molecular weight is 453 g/mol. The van der Waals surface area contributed by atoms with Gasteiger partial charge >= 0.3 is 0 Å². The molecule has 4 nitrogen and oxygen atoms in total. The summed E-state index contributed by atoms with van der Waals surface area (Å²) in [6.45, 7) is 2.42. The summed E-state index contributed by atoms with van der Waals surface area (Å²) in [6, 6.07) is 15.0. The highest BCUT2D eigenvalue weighted by atomic mass is 35.5. The number of nitrogens with one attached hydrogen (secondary N) is 1. The van der Waals surface area contributed by atoms with Gasteiger partial charge in [0, 0.05) is 19.3 Å². The highest BCUT2D eigenvalue weighted by Crippen LogP contribution is 2.25. The maximum atomic E-state index is 13.0. The Balaban J connectivity index is 2.02. The third kappa shape index (κ3) is 7.25. The molecule has 1 N–H and O–H groups in total. The standard InChI is InChI=1S/C22H26Cl2N2O2S/c1-3-20(22(28)25-2)26(12-11-16-7-5-4-6-8-16)21(27)15-29-14-17-9-10-18(23)19(24)13-17/h4-10,13,20H,3,11-12,14-15H2,1-2H3,(H,25,28). The molecule has 7 heteroatoms. The van der Waals surface area contributed by atoms with Gasteiger partial charge in [-0.05, 0) is 36.1 Å². The molecular formula is C22H26Cl2N2O2S. The van der Waals surface area contributed by atoms with Gasteiger partial charge in [0.05, 0.1) is 15.8 Å². The quantitative estimate of drug-likeness (QED) is 0.561. The fourth-order valence-corrected chi connectivity index (χ4v) is 4.21. The SMILES string of the molecule is CCC(C(=O)NC)N(CCc1ccccc1)C(=O)CSCc1ccc(Cl)c(Cl)c1. The van der Waals surface area contributed by atoms with E-state index in [2.05, 4.69) is 5.32 Å². The summed E-state index contributed by atoms with van der Waals surface area (Å²) < 4.78 is 0. The van der Waals surface area contributed by atoms with E-state index in [1.807, 2.05) is 49.4 Å². The summed E-state index contributed by atoms with van der Waals surface area (Å²) in [6.07, 6.45) is 1.27. The van der Waals surface area contributed by atoms with Crippen molar-refractivity contribution in [1.29, 1.82) is 0 Å². The van der Waals surface area contributed by atoms with Crippen LogP contribution in [-0.2, 0) is 21.8 Å². The van der Waals surface area contributed by atoms with Crippen molar-refractivity contribution in [3.8, 4) is 0 Å². The van der Waals surface area contributed by atoms with Crippen molar-refractivity contribution in [3.63, 3.8) is 0 Å². The minimum Gasteiger partial charge on any atom is -0.357 e. The molecule has 156 valence electrons. The number of halogens is 2. The van der Waals surface area contributed by atoms with E-state index >= 15 is 0 Å². The Morgan fingerprint density at radius 3 is 2.41 bits per heavy atom. The number of likely N-dealkylation sites (N-methyl/N-ethyl adjacent to an activating group) is 1. The van der Waals surface area contributed by atoms with Gasteiger partial charge in [-0.3, -0.25) is 9.59 Å². The summed E-state index contributed by atoms with van der Waals surface area (Å²) in [7, 11) is 1.60.